The highest BCUT2D eigenvalue weighted by Gasteiger charge is 2.12. The van der Waals surface area contributed by atoms with Crippen LogP contribution in [0.5, 0.6) is 0 Å². The molecule has 0 aliphatic rings. The molecule has 0 fully saturated rings. The second kappa shape index (κ2) is 9.73. The van der Waals surface area contributed by atoms with Gasteiger partial charge in [-0.1, -0.05) is 20.8 Å². The van der Waals surface area contributed by atoms with E-state index < -0.39 is 0 Å². The second-order valence-corrected chi connectivity index (χ2v) is 6.12. The number of carbonyl (C=O) groups excluding carboxylic acids is 1. The summed E-state index contributed by atoms with van der Waals surface area (Å²) in [4.78, 5) is 16.5. The first kappa shape index (κ1) is 17.9. The van der Waals surface area contributed by atoms with E-state index in [9.17, 15) is 4.79 Å². The van der Waals surface area contributed by atoms with Crippen molar-refractivity contribution in [3.8, 4) is 0 Å². The van der Waals surface area contributed by atoms with Gasteiger partial charge in [0, 0.05) is 30.4 Å². The number of pyridine rings is 1. The lowest BCUT2D eigenvalue weighted by Gasteiger charge is -2.12. The Hall–Kier alpha value is -1.14. The lowest BCUT2D eigenvalue weighted by atomic mass is 10.2. The number of rotatable bonds is 9. The van der Waals surface area contributed by atoms with Gasteiger partial charge in [-0.05, 0) is 34.3 Å². The Morgan fingerprint density at radius 2 is 2.19 bits per heavy atom. The fourth-order valence-corrected chi connectivity index (χ4v) is 1.98. The Morgan fingerprint density at radius 3 is 2.86 bits per heavy atom. The molecule has 118 valence electrons. The van der Waals surface area contributed by atoms with E-state index in [1.807, 2.05) is 0 Å². The van der Waals surface area contributed by atoms with Crippen molar-refractivity contribution in [2.45, 2.75) is 27.2 Å². The molecular weight excluding hydrogens is 334 g/mol. The standard InChI is InChI=1S/C15H24BrN3O2/c1-4-5-17-14-13(8-12(16)9-19-14)15(20)18-6-7-21-10-11(2)3/h8-9,11H,4-7,10H2,1-3H3,(H,17,19)(H,18,20). The monoisotopic (exact) mass is 357 g/mol. The van der Waals surface area contributed by atoms with E-state index in [4.69, 9.17) is 4.74 Å². The molecule has 1 aromatic heterocycles. The molecule has 0 bridgehead atoms. The fourth-order valence-electron chi connectivity index (χ4n) is 1.65. The summed E-state index contributed by atoms with van der Waals surface area (Å²) in [7, 11) is 0. The topological polar surface area (TPSA) is 63.2 Å². The summed E-state index contributed by atoms with van der Waals surface area (Å²) < 4.78 is 6.23. The Labute approximate surface area is 135 Å². The van der Waals surface area contributed by atoms with Gasteiger partial charge in [0.1, 0.15) is 5.82 Å². The lowest BCUT2D eigenvalue weighted by Crippen LogP contribution is -2.28. The molecule has 0 aliphatic carbocycles. The molecule has 1 aromatic rings. The number of nitrogens with one attached hydrogen (secondary N) is 2. The Morgan fingerprint density at radius 1 is 1.43 bits per heavy atom. The van der Waals surface area contributed by atoms with E-state index in [0.29, 0.717) is 37.1 Å². The van der Waals surface area contributed by atoms with Crippen LogP contribution in [-0.2, 0) is 4.74 Å². The normalized spacial score (nSPS) is 10.7. The van der Waals surface area contributed by atoms with Crippen molar-refractivity contribution in [2.24, 2.45) is 5.92 Å². The minimum Gasteiger partial charge on any atom is -0.379 e. The van der Waals surface area contributed by atoms with Crippen LogP contribution in [0.25, 0.3) is 0 Å². The fraction of sp³-hybridized carbons (Fsp3) is 0.600. The van der Waals surface area contributed by atoms with Gasteiger partial charge in [-0.25, -0.2) is 4.98 Å². The van der Waals surface area contributed by atoms with Crippen LogP contribution in [0.3, 0.4) is 0 Å². The molecule has 1 rings (SSSR count). The van der Waals surface area contributed by atoms with Gasteiger partial charge < -0.3 is 15.4 Å². The van der Waals surface area contributed by atoms with Crippen LogP contribution < -0.4 is 10.6 Å². The number of nitrogens with zero attached hydrogens (tertiary/aromatic N) is 1. The quantitative estimate of drug-likeness (QED) is 0.666. The number of amides is 1. The maximum atomic E-state index is 12.2. The third kappa shape index (κ3) is 6.91. The molecule has 0 radical (unpaired) electrons. The Kier molecular flexibility index (Phi) is 8.30. The number of hydrogen-bond donors (Lipinski definition) is 2. The van der Waals surface area contributed by atoms with E-state index in [2.05, 4.69) is 52.3 Å². The highest BCUT2D eigenvalue weighted by Crippen LogP contribution is 2.18. The third-order valence-corrected chi connectivity index (χ3v) is 3.06. The van der Waals surface area contributed by atoms with Crippen LogP contribution in [0.1, 0.15) is 37.6 Å². The van der Waals surface area contributed by atoms with Crippen molar-refractivity contribution in [1.82, 2.24) is 10.3 Å². The van der Waals surface area contributed by atoms with Gasteiger partial charge in [0.2, 0.25) is 0 Å². The third-order valence-electron chi connectivity index (χ3n) is 2.62. The maximum Gasteiger partial charge on any atom is 0.255 e. The van der Waals surface area contributed by atoms with Gasteiger partial charge in [-0.3, -0.25) is 4.79 Å². The summed E-state index contributed by atoms with van der Waals surface area (Å²) >= 11 is 3.35. The van der Waals surface area contributed by atoms with Crippen LogP contribution in [0.2, 0.25) is 0 Å². The molecule has 21 heavy (non-hydrogen) atoms. The van der Waals surface area contributed by atoms with Crippen LogP contribution in [0.15, 0.2) is 16.7 Å². The summed E-state index contributed by atoms with van der Waals surface area (Å²) in [5.41, 5.74) is 0.543. The first-order valence-corrected chi connectivity index (χ1v) is 8.09. The molecule has 0 spiro atoms. The summed E-state index contributed by atoms with van der Waals surface area (Å²) in [6, 6.07) is 1.77. The van der Waals surface area contributed by atoms with E-state index >= 15 is 0 Å². The molecule has 0 saturated heterocycles. The van der Waals surface area contributed by atoms with E-state index in [1.54, 1.807) is 12.3 Å². The average Bonchev–Trinajstić information content (AvgIpc) is 2.45. The average molecular weight is 358 g/mol. The molecule has 0 saturated carbocycles. The maximum absolute atomic E-state index is 12.2. The molecule has 6 heteroatoms. The zero-order valence-electron chi connectivity index (χ0n) is 12.9. The number of carbonyl (C=O) groups is 1. The van der Waals surface area contributed by atoms with Crippen LogP contribution >= 0.6 is 15.9 Å². The first-order chi connectivity index (χ1) is 10.0. The predicted molar refractivity (Wildman–Crippen MR) is 88.7 cm³/mol. The smallest absolute Gasteiger partial charge is 0.255 e. The van der Waals surface area contributed by atoms with Gasteiger partial charge in [-0.2, -0.15) is 0 Å². The highest BCUT2D eigenvalue weighted by molar-refractivity contribution is 9.10. The molecule has 1 heterocycles. The van der Waals surface area contributed by atoms with E-state index in [1.165, 1.54) is 0 Å². The Bertz CT molecular complexity index is 453. The zero-order chi connectivity index (χ0) is 15.7. The van der Waals surface area contributed by atoms with Gasteiger partial charge in [-0.15, -0.1) is 0 Å². The van der Waals surface area contributed by atoms with Gasteiger partial charge in [0.05, 0.1) is 12.2 Å². The minimum atomic E-state index is -0.143. The lowest BCUT2D eigenvalue weighted by molar-refractivity contribution is 0.0886. The second-order valence-electron chi connectivity index (χ2n) is 5.20. The molecule has 1 amide bonds. The molecular formula is C15H24BrN3O2. The molecule has 0 unspecified atom stereocenters. The summed E-state index contributed by atoms with van der Waals surface area (Å²) in [6.07, 6.45) is 2.66. The van der Waals surface area contributed by atoms with Gasteiger partial charge in [0.15, 0.2) is 0 Å². The van der Waals surface area contributed by atoms with Crippen molar-refractivity contribution in [2.75, 3.05) is 31.6 Å². The SMILES string of the molecule is CCCNc1ncc(Br)cc1C(=O)NCCOCC(C)C. The Balaban J connectivity index is 2.53. The largest absolute Gasteiger partial charge is 0.379 e. The summed E-state index contributed by atoms with van der Waals surface area (Å²) in [5, 5.41) is 6.02. The van der Waals surface area contributed by atoms with Crippen LogP contribution in [-0.4, -0.2) is 37.2 Å². The predicted octanol–water partition coefficient (Wildman–Crippen LogP) is 3.07. The number of halogens is 1. The number of hydrogen-bond acceptors (Lipinski definition) is 4. The number of anilines is 1. The van der Waals surface area contributed by atoms with Crippen molar-refractivity contribution >= 4 is 27.7 Å². The summed E-state index contributed by atoms with van der Waals surface area (Å²) in [5.74, 6) is 0.969. The van der Waals surface area contributed by atoms with Gasteiger partial charge in [0.25, 0.3) is 5.91 Å². The molecule has 0 aromatic carbocycles. The number of ether oxygens (including phenoxy) is 1. The molecule has 0 atom stereocenters. The molecule has 5 nitrogen and oxygen atoms in total. The molecule has 2 N–H and O–H groups in total. The highest BCUT2D eigenvalue weighted by atomic mass is 79.9. The van der Waals surface area contributed by atoms with Crippen molar-refractivity contribution in [1.29, 1.82) is 0 Å². The zero-order valence-corrected chi connectivity index (χ0v) is 14.5. The van der Waals surface area contributed by atoms with Gasteiger partial charge >= 0.3 is 0 Å². The van der Waals surface area contributed by atoms with Crippen molar-refractivity contribution < 1.29 is 9.53 Å². The van der Waals surface area contributed by atoms with E-state index in [0.717, 1.165) is 17.4 Å². The minimum absolute atomic E-state index is 0.143. The summed E-state index contributed by atoms with van der Waals surface area (Å²) in [6.45, 7) is 8.75. The van der Waals surface area contributed by atoms with Crippen molar-refractivity contribution in [3.05, 3.63) is 22.3 Å². The number of aromatic nitrogens is 1. The van der Waals surface area contributed by atoms with E-state index in [-0.39, 0.29) is 5.91 Å². The van der Waals surface area contributed by atoms with Crippen LogP contribution in [0.4, 0.5) is 5.82 Å². The van der Waals surface area contributed by atoms with Crippen LogP contribution in [0, 0.1) is 5.92 Å². The molecule has 0 aliphatic heterocycles. The first-order valence-electron chi connectivity index (χ1n) is 7.30. The van der Waals surface area contributed by atoms with Crippen molar-refractivity contribution in [3.63, 3.8) is 0 Å².